The molecule has 1 unspecified atom stereocenters. The van der Waals surface area contributed by atoms with Gasteiger partial charge in [-0.2, -0.15) is 10.2 Å². The predicted octanol–water partition coefficient (Wildman–Crippen LogP) is 3.09. The van der Waals surface area contributed by atoms with Crippen molar-refractivity contribution in [2.24, 2.45) is 0 Å². The Bertz CT molecular complexity index is 779. The lowest BCUT2D eigenvalue weighted by Crippen LogP contribution is -2.12. The summed E-state index contributed by atoms with van der Waals surface area (Å²) >= 11 is 0. The first kappa shape index (κ1) is 13.0. The van der Waals surface area contributed by atoms with Crippen molar-refractivity contribution in [1.29, 1.82) is 5.26 Å². The summed E-state index contributed by atoms with van der Waals surface area (Å²) in [5.74, 6) is 0.477. The molecule has 5 heteroatoms. The summed E-state index contributed by atoms with van der Waals surface area (Å²) in [6.07, 6.45) is 3.77. The Kier molecular flexibility index (Phi) is 3.70. The Labute approximate surface area is 122 Å². The van der Waals surface area contributed by atoms with E-state index in [9.17, 15) is 0 Å². The first-order chi connectivity index (χ1) is 10.4. The summed E-state index contributed by atoms with van der Waals surface area (Å²) < 4.78 is 0. The lowest BCUT2D eigenvalue weighted by molar-refractivity contribution is 0.792. The molecule has 3 rings (SSSR count). The molecular formula is C16H13N5. The van der Waals surface area contributed by atoms with Crippen LogP contribution in [0.5, 0.6) is 0 Å². The number of nitrogens with one attached hydrogen (secondary N) is 1. The summed E-state index contributed by atoms with van der Waals surface area (Å²) in [5.41, 5.74) is 1.67. The second-order valence-electron chi connectivity index (χ2n) is 4.58. The number of nitriles is 1. The van der Waals surface area contributed by atoms with Crippen molar-refractivity contribution in [3.8, 4) is 6.07 Å². The molecule has 3 aromatic rings. The van der Waals surface area contributed by atoms with Gasteiger partial charge in [-0.25, -0.2) is 9.97 Å². The smallest absolute Gasteiger partial charge is 0.225 e. The molecule has 1 N–H and O–H groups in total. The first-order valence-corrected chi connectivity index (χ1v) is 6.63. The summed E-state index contributed by atoms with van der Waals surface area (Å²) in [6, 6.07) is 15.6. The van der Waals surface area contributed by atoms with E-state index < -0.39 is 0 Å². The first-order valence-electron chi connectivity index (χ1n) is 6.63. The van der Waals surface area contributed by atoms with Gasteiger partial charge in [-0.1, -0.05) is 30.3 Å². The molecule has 21 heavy (non-hydrogen) atoms. The zero-order valence-corrected chi connectivity index (χ0v) is 11.3. The zero-order valence-electron chi connectivity index (χ0n) is 11.3. The second-order valence-corrected chi connectivity index (χ2v) is 4.58. The van der Waals surface area contributed by atoms with Crippen molar-refractivity contribution in [3.63, 3.8) is 0 Å². The summed E-state index contributed by atoms with van der Waals surface area (Å²) in [5, 5.41) is 13.1. The summed E-state index contributed by atoms with van der Waals surface area (Å²) in [6.45, 7) is 0. The third kappa shape index (κ3) is 2.95. The molecule has 0 aliphatic carbocycles. The van der Waals surface area contributed by atoms with Crippen LogP contribution in [0.25, 0.3) is 11.0 Å². The van der Waals surface area contributed by atoms with Gasteiger partial charge in [0.1, 0.15) is 0 Å². The minimum atomic E-state index is -0.141. The number of fused-ring (bicyclic) bond motifs is 1. The largest absolute Gasteiger partial charge is 0.346 e. The molecular weight excluding hydrogens is 262 g/mol. The van der Waals surface area contributed by atoms with Gasteiger partial charge in [0.05, 0.1) is 18.5 Å². The number of rotatable bonds is 4. The number of nitrogens with zero attached hydrogens (tertiary/aromatic N) is 4. The second kappa shape index (κ2) is 5.97. The number of hydrogen-bond acceptors (Lipinski definition) is 5. The van der Waals surface area contributed by atoms with Gasteiger partial charge in [-0.3, -0.25) is 0 Å². The highest BCUT2D eigenvalue weighted by molar-refractivity contribution is 5.74. The fourth-order valence-corrected chi connectivity index (χ4v) is 2.12. The Balaban J connectivity index is 1.89. The number of benzene rings is 1. The molecule has 0 radical (unpaired) electrons. The molecule has 2 aromatic heterocycles. The Hall–Kier alpha value is -3.00. The third-order valence-electron chi connectivity index (χ3n) is 3.16. The van der Waals surface area contributed by atoms with Crippen molar-refractivity contribution < 1.29 is 0 Å². The molecule has 0 bridgehead atoms. The van der Waals surface area contributed by atoms with Crippen LogP contribution in [0.2, 0.25) is 0 Å². The van der Waals surface area contributed by atoms with Crippen LogP contribution in [0.1, 0.15) is 18.0 Å². The topological polar surface area (TPSA) is 74.5 Å². The average molecular weight is 275 g/mol. The minimum absolute atomic E-state index is 0.141. The fourth-order valence-electron chi connectivity index (χ4n) is 2.12. The lowest BCUT2D eigenvalue weighted by atomic mass is 10.0. The van der Waals surface area contributed by atoms with Crippen LogP contribution in [0.4, 0.5) is 5.95 Å². The zero-order chi connectivity index (χ0) is 14.5. The third-order valence-corrected chi connectivity index (χ3v) is 3.16. The van der Waals surface area contributed by atoms with Crippen molar-refractivity contribution >= 4 is 17.0 Å². The standard InChI is InChI=1S/C16H13N5/c17-9-8-14(12-5-2-1-3-6-12)20-16-19-11-13-7-4-10-18-15(13)21-16/h1-7,10-11,14H,8H2,(H,18,19,20,21). The minimum Gasteiger partial charge on any atom is -0.346 e. The van der Waals surface area contributed by atoms with Gasteiger partial charge in [0, 0.05) is 17.8 Å². The quantitative estimate of drug-likeness (QED) is 0.792. The van der Waals surface area contributed by atoms with Crippen LogP contribution < -0.4 is 5.32 Å². The molecule has 0 aliphatic heterocycles. The monoisotopic (exact) mass is 275 g/mol. The van der Waals surface area contributed by atoms with Crippen LogP contribution in [0.3, 0.4) is 0 Å². The summed E-state index contributed by atoms with van der Waals surface area (Å²) in [4.78, 5) is 12.9. The van der Waals surface area contributed by atoms with E-state index in [1.165, 1.54) is 0 Å². The van der Waals surface area contributed by atoms with Crippen molar-refractivity contribution in [1.82, 2.24) is 15.0 Å². The van der Waals surface area contributed by atoms with Gasteiger partial charge in [-0.05, 0) is 17.7 Å². The Morgan fingerprint density at radius 2 is 1.95 bits per heavy atom. The van der Waals surface area contributed by atoms with Gasteiger partial charge in [0.25, 0.3) is 0 Å². The fraction of sp³-hybridized carbons (Fsp3) is 0.125. The maximum atomic E-state index is 9.00. The highest BCUT2D eigenvalue weighted by Crippen LogP contribution is 2.21. The molecule has 0 amide bonds. The summed E-state index contributed by atoms with van der Waals surface area (Å²) in [7, 11) is 0. The number of aromatic nitrogens is 3. The van der Waals surface area contributed by atoms with Gasteiger partial charge in [0.2, 0.25) is 5.95 Å². The van der Waals surface area contributed by atoms with E-state index in [2.05, 4.69) is 26.3 Å². The molecule has 0 saturated carbocycles. The van der Waals surface area contributed by atoms with Crippen molar-refractivity contribution in [2.75, 3.05) is 5.32 Å². The van der Waals surface area contributed by atoms with Gasteiger partial charge in [-0.15, -0.1) is 0 Å². The molecule has 1 aromatic carbocycles. The number of hydrogen-bond donors (Lipinski definition) is 1. The average Bonchev–Trinajstić information content (AvgIpc) is 2.55. The van der Waals surface area contributed by atoms with Crippen molar-refractivity contribution in [3.05, 3.63) is 60.4 Å². The van der Waals surface area contributed by atoms with Crippen LogP contribution in [0, 0.1) is 11.3 Å². The van der Waals surface area contributed by atoms with Gasteiger partial charge in [0.15, 0.2) is 5.65 Å². The van der Waals surface area contributed by atoms with E-state index in [1.54, 1.807) is 12.4 Å². The molecule has 0 fully saturated rings. The van der Waals surface area contributed by atoms with E-state index >= 15 is 0 Å². The molecule has 0 saturated heterocycles. The molecule has 0 aliphatic rings. The van der Waals surface area contributed by atoms with Crippen LogP contribution >= 0.6 is 0 Å². The Morgan fingerprint density at radius 3 is 2.76 bits per heavy atom. The van der Waals surface area contributed by atoms with Gasteiger partial charge >= 0.3 is 0 Å². The van der Waals surface area contributed by atoms with Crippen LogP contribution in [-0.4, -0.2) is 15.0 Å². The normalized spacial score (nSPS) is 11.8. The lowest BCUT2D eigenvalue weighted by Gasteiger charge is -2.16. The maximum absolute atomic E-state index is 9.00. The highest BCUT2D eigenvalue weighted by atomic mass is 15.1. The van der Waals surface area contributed by atoms with E-state index in [1.807, 2.05) is 42.5 Å². The van der Waals surface area contributed by atoms with Crippen molar-refractivity contribution in [2.45, 2.75) is 12.5 Å². The van der Waals surface area contributed by atoms with Gasteiger partial charge < -0.3 is 5.32 Å². The molecule has 102 valence electrons. The number of pyridine rings is 1. The Morgan fingerprint density at radius 1 is 1.10 bits per heavy atom. The van der Waals surface area contributed by atoms with E-state index in [4.69, 9.17) is 5.26 Å². The van der Waals surface area contributed by atoms with E-state index in [-0.39, 0.29) is 6.04 Å². The molecule has 1 atom stereocenters. The van der Waals surface area contributed by atoms with E-state index in [0.717, 1.165) is 10.9 Å². The van der Waals surface area contributed by atoms with Crippen LogP contribution in [0.15, 0.2) is 54.9 Å². The number of anilines is 1. The highest BCUT2D eigenvalue weighted by Gasteiger charge is 2.12. The molecule has 0 spiro atoms. The molecule has 5 nitrogen and oxygen atoms in total. The predicted molar refractivity (Wildman–Crippen MR) is 80.4 cm³/mol. The van der Waals surface area contributed by atoms with E-state index in [0.29, 0.717) is 18.0 Å². The van der Waals surface area contributed by atoms with Crippen LogP contribution in [-0.2, 0) is 0 Å². The molecule has 2 heterocycles. The maximum Gasteiger partial charge on any atom is 0.225 e. The SMILES string of the molecule is N#CCC(Nc1ncc2cccnc2n1)c1ccccc1.